The molecule has 0 radical (unpaired) electrons. The summed E-state index contributed by atoms with van der Waals surface area (Å²) >= 11 is 0. The SMILES string of the molecule is CC(C)(C)OC(=O)Nc1ccc(CCN2c3nc(NC[C@H]4OC[C@@H]5CC54)cc(=O)n3CC[C@H]2C(F)(F)F)cc1. The van der Waals surface area contributed by atoms with Crippen molar-refractivity contribution in [2.75, 3.05) is 35.2 Å². The number of rotatable bonds is 7. The summed E-state index contributed by atoms with van der Waals surface area (Å²) in [5.74, 6) is 1.37. The van der Waals surface area contributed by atoms with Gasteiger partial charge in [-0.15, -0.1) is 0 Å². The number of anilines is 3. The molecule has 2 aliphatic heterocycles. The number of halogens is 3. The van der Waals surface area contributed by atoms with E-state index in [1.165, 1.54) is 15.5 Å². The fourth-order valence-corrected chi connectivity index (χ4v) is 5.29. The lowest BCUT2D eigenvalue weighted by molar-refractivity contribution is -0.152. The Labute approximate surface area is 224 Å². The number of aromatic nitrogens is 2. The highest BCUT2D eigenvalue weighted by Gasteiger charge is 2.49. The van der Waals surface area contributed by atoms with Gasteiger partial charge >= 0.3 is 12.3 Å². The van der Waals surface area contributed by atoms with E-state index >= 15 is 0 Å². The molecule has 0 bridgehead atoms. The largest absolute Gasteiger partial charge is 0.444 e. The lowest BCUT2D eigenvalue weighted by atomic mass is 10.1. The number of nitrogens with zero attached hydrogens (tertiary/aromatic N) is 3. The van der Waals surface area contributed by atoms with Crippen LogP contribution >= 0.6 is 0 Å². The van der Waals surface area contributed by atoms with Gasteiger partial charge in [-0.05, 0) is 69.6 Å². The van der Waals surface area contributed by atoms with Crippen molar-refractivity contribution in [1.82, 2.24) is 9.55 Å². The number of ether oxygens (including phenoxy) is 2. The minimum atomic E-state index is -4.48. The first-order chi connectivity index (χ1) is 18.4. The summed E-state index contributed by atoms with van der Waals surface area (Å²) < 4.78 is 54.5. The van der Waals surface area contributed by atoms with E-state index in [0.717, 1.165) is 18.6 Å². The van der Waals surface area contributed by atoms with Crippen molar-refractivity contribution in [2.24, 2.45) is 11.8 Å². The molecule has 39 heavy (non-hydrogen) atoms. The Kier molecular flexibility index (Phi) is 7.25. The number of carbonyl (C=O) groups is 1. The molecule has 1 saturated carbocycles. The Bertz CT molecular complexity index is 1260. The van der Waals surface area contributed by atoms with Crippen LogP contribution < -0.4 is 21.1 Å². The third kappa shape index (κ3) is 6.48. The molecule has 2 aromatic rings. The highest BCUT2D eigenvalue weighted by atomic mass is 19.4. The Morgan fingerprint density at radius 1 is 1.21 bits per heavy atom. The number of nitrogens with one attached hydrogen (secondary N) is 2. The molecule has 0 spiro atoms. The van der Waals surface area contributed by atoms with Crippen molar-refractivity contribution in [3.05, 3.63) is 46.2 Å². The van der Waals surface area contributed by atoms with Crippen molar-refractivity contribution in [3.8, 4) is 0 Å². The van der Waals surface area contributed by atoms with E-state index in [0.29, 0.717) is 24.1 Å². The Hall–Kier alpha value is -3.28. The van der Waals surface area contributed by atoms with E-state index in [-0.39, 0.29) is 49.4 Å². The van der Waals surface area contributed by atoms with Gasteiger partial charge in [-0.1, -0.05) is 12.1 Å². The van der Waals surface area contributed by atoms with Crippen LogP contribution in [-0.2, 0) is 22.4 Å². The van der Waals surface area contributed by atoms with Crippen LogP contribution in [0.3, 0.4) is 0 Å². The predicted octanol–water partition coefficient (Wildman–Crippen LogP) is 4.42. The van der Waals surface area contributed by atoms with E-state index in [9.17, 15) is 22.8 Å². The number of hydrogen-bond donors (Lipinski definition) is 2. The summed E-state index contributed by atoms with van der Waals surface area (Å²) in [5, 5.41) is 5.75. The van der Waals surface area contributed by atoms with Crippen LogP contribution in [-0.4, -0.2) is 59.3 Å². The van der Waals surface area contributed by atoms with Crippen molar-refractivity contribution >= 4 is 23.5 Å². The summed E-state index contributed by atoms with van der Waals surface area (Å²) in [5.41, 5.74) is 0.260. The molecular weight excluding hydrogens is 515 g/mol. The minimum Gasteiger partial charge on any atom is -0.444 e. The zero-order chi connectivity index (χ0) is 27.9. The monoisotopic (exact) mass is 549 g/mol. The maximum Gasteiger partial charge on any atom is 0.412 e. The predicted molar refractivity (Wildman–Crippen MR) is 140 cm³/mol. The molecule has 2 N–H and O–H groups in total. The van der Waals surface area contributed by atoms with Gasteiger partial charge in [0.25, 0.3) is 5.56 Å². The van der Waals surface area contributed by atoms with E-state index in [1.807, 2.05) is 0 Å². The number of alkyl halides is 3. The Morgan fingerprint density at radius 3 is 2.56 bits per heavy atom. The lowest BCUT2D eigenvalue weighted by Crippen LogP contribution is -2.53. The third-order valence-corrected chi connectivity index (χ3v) is 7.33. The molecule has 1 unspecified atom stereocenters. The summed E-state index contributed by atoms with van der Waals surface area (Å²) in [6.45, 7) is 6.43. The summed E-state index contributed by atoms with van der Waals surface area (Å²) in [6.07, 6.45) is -3.86. The van der Waals surface area contributed by atoms with Gasteiger partial charge in [0.15, 0.2) is 0 Å². The van der Waals surface area contributed by atoms with Crippen LogP contribution in [0, 0.1) is 11.8 Å². The van der Waals surface area contributed by atoms with Crippen LogP contribution in [0.4, 0.5) is 35.4 Å². The van der Waals surface area contributed by atoms with Crippen LogP contribution in [0.2, 0.25) is 0 Å². The third-order valence-electron chi connectivity index (χ3n) is 7.33. The van der Waals surface area contributed by atoms with Crippen LogP contribution in [0.1, 0.15) is 39.2 Å². The van der Waals surface area contributed by atoms with Gasteiger partial charge in [0.05, 0.1) is 12.7 Å². The van der Waals surface area contributed by atoms with E-state index in [4.69, 9.17) is 9.47 Å². The first-order valence-corrected chi connectivity index (χ1v) is 13.3. The van der Waals surface area contributed by atoms with Gasteiger partial charge < -0.3 is 19.7 Å². The van der Waals surface area contributed by atoms with Crippen molar-refractivity contribution < 1.29 is 27.4 Å². The molecule has 1 aliphatic carbocycles. The average molecular weight is 550 g/mol. The Balaban J connectivity index is 1.30. The molecule has 5 rings (SSSR count). The van der Waals surface area contributed by atoms with Crippen LogP contribution in [0.15, 0.2) is 35.1 Å². The molecule has 2 fully saturated rings. The van der Waals surface area contributed by atoms with Crippen molar-refractivity contribution in [2.45, 2.75) is 70.5 Å². The minimum absolute atomic E-state index is 0.00833. The number of fused-ring (bicyclic) bond motifs is 2. The average Bonchev–Trinajstić information content (AvgIpc) is 3.51. The molecule has 4 atom stereocenters. The zero-order valence-electron chi connectivity index (χ0n) is 22.3. The molecule has 1 aromatic heterocycles. The highest BCUT2D eigenvalue weighted by molar-refractivity contribution is 5.84. The molecule has 1 amide bonds. The second-order valence-corrected chi connectivity index (χ2v) is 11.5. The normalized spacial score (nSPS) is 24.1. The quantitative estimate of drug-likeness (QED) is 0.528. The van der Waals surface area contributed by atoms with Crippen LogP contribution in [0.5, 0.6) is 0 Å². The van der Waals surface area contributed by atoms with Crippen molar-refractivity contribution in [3.63, 3.8) is 0 Å². The molecule has 3 aliphatic rings. The van der Waals surface area contributed by atoms with E-state index in [2.05, 4.69) is 15.6 Å². The van der Waals surface area contributed by atoms with Gasteiger partial charge in [0.1, 0.15) is 17.5 Å². The summed E-state index contributed by atoms with van der Waals surface area (Å²) in [7, 11) is 0. The maximum absolute atomic E-state index is 14.1. The van der Waals surface area contributed by atoms with Crippen molar-refractivity contribution in [1.29, 1.82) is 0 Å². The lowest BCUT2D eigenvalue weighted by Gasteiger charge is -2.39. The standard InChI is InChI=1S/C27H34F3N5O4/c1-26(2,3)39-25(37)32-18-6-4-16(5-7-18)8-10-34-21(27(28,29)30)9-11-35-23(36)13-22(33-24(34)35)31-14-20-19-12-17(19)15-38-20/h4-7,13,17,19-21,31H,8-12,14-15H2,1-3H3,(H,32,37)/t17-,19?,20+,21-/m0/s1. The van der Waals surface area contributed by atoms with Gasteiger partial charge in [0.2, 0.25) is 5.95 Å². The fourth-order valence-electron chi connectivity index (χ4n) is 5.29. The number of benzene rings is 1. The van der Waals surface area contributed by atoms with Gasteiger partial charge in [-0.25, -0.2) is 4.79 Å². The van der Waals surface area contributed by atoms with E-state index < -0.39 is 23.9 Å². The number of hydrogen-bond acceptors (Lipinski definition) is 7. The maximum atomic E-state index is 14.1. The second kappa shape index (κ2) is 10.4. The van der Waals surface area contributed by atoms with Crippen LogP contribution in [0.25, 0.3) is 0 Å². The van der Waals surface area contributed by atoms with E-state index in [1.54, 1.807) is 45.0 Å². The summed E-state index contributed by atoms with van der Waals surface area (Å²) in [6, 6.07) is 6.41. The first-order valence-electron chi connectivity index (χ1n) is 13.3. The molecule has 1 saturated heterocycles. The van der Waals surface area contributed by atoms with Gasteiger partial charge in [-0.3, -0.25) is 14.7 Å². The Morgan fingerprint density at radius 2 is 1.95 bits per heavy atom. The first kappa shape index (κ1) is 27.3. The zero-order valence-corrected chi connectivity index (χ0v) is 22.3. The smallest absolute Gasteiger partial charge is 0.412 e. The second-order valence-electron chi connectivity index (χ2n) is 11.5. The molecule has 3 heterocycles. The molecule has 1 aromatic carbocycles. The molecule has 12 heteroatoms. The summed E-state index contributed by atoms with van der Waals surface area (Å²) in [4.78, 5) is 30.5. The van der Waals surface area contributed by atoms with Gasteiger partial charge in [-0.2, -0.15) is 18.2 Å². The highest BCUT2D eigenvalue weighted by Crippen LogP contribution is 2.48. The molecular formula is C27H34F3N5O4. The molecule has 212 valence electrons. The fraction of sp³-hybridized carbons (Fsp3) is 0.593. The topological polar surface area (TPSA) is 97.7 Å². The van der Waals surface area contributed by atoms with Gasteiger partial charge in [0, 0.05) is 31.4 Å². The number of carbonyl (C=O) groups excluding carboxylic acids is 1. The molecule has 9 nitrogen and oxygen atoms in total. The number of amides is 1.